The fourth-order valence-electron chi connectivity index (χ4n) is 1.06. The minimum absolute atomic E-state index is 0.0878. The van der Waals surface area contributed by atoms with Gasteiger partial charge in [0.05, 0.1) is 12.3 Å². The molecule has 0 spiro atoms. The molecule has 0 radical (unpaired) electrons. The second kappa shape index (κ2) is 5.86. The van der Waals surface area contributed by atoms with Gasteiger partial charge in [0.2, 0.25) is 5.91 Å². The van der Waals surface area contributed by atoms with E-state index in [1.54, 1.807) is 11.9 Å². The summed E-state index contributed by atoms with van der Waals surface area (Å²) in [5, 5.41) is 8.61. The maximum Gasteiger partial charge on any atom is 0.232 e. The van der Waals surface area contributed by atoms with Gasteiger partial charge in [0.25, 0.3) is 0 Å². The molecule has 7 heteroatoms. The van der Waals surface area contributed by atoms with Crippen LogP contribution in [0.15, 0.2) is 5.16 Å². The Balaban J connectivity index is 2.55. The number of rotatable bonds is 5. The molecule has 0 saturated heterocycles. The molecule has 90 valence electrons. The Morgan fingerprint density at radius 3 is 2.75 bits per heavy atom. The van der Waals surface area contributed by atoms with E-state index in [4.69, 9.17) is 5.73 Å². The monoisotopic (exact) mass is 243 g/mol. The maximum absolute atomic E-state index is 11.6. The summed E-state index contributed by atoms with van der Waals surface area (Å²) in [6.45, 7) is 3.01. The SMILES string of the molecule is CCN(C)C(=O)CSc1nnc(CN)n1C. The zero-order valence-corrected chi connectivity index (χ0v) is 10.6. The van der Waals surface area contributed by atoms with Gasteiger partial charge in [0.1, 0.15) is 5.82 Å². The van der Waals surface area contributed by atoms with Crippen LogP contribution in [0.3, 0.4) is 0 Å². The van der Waals surface area contributed by atoms with Crippen LogP contribution in [0, 0.1) is 0 Å². The minimum atomic E-state index is 0.0878. The fourth-order valence-corrected chi connectivity index (χ4v) is 1.93. The Labute approximate surface area is 99.2 Å². The van der Waals surface area contributed by atoms with Crippen LogP contribution in [0.25, 0.3) is 0 Å². The predicted octanol–water partition coefficient (Wildman–Crippen LogP) is -0.156. The summed E-state index contributed by atoms with van der Waals surface area (Å²) in [6, 6.07) is 0. The summed E-state index contributed by atoms with van der Waals surface area (Å²) in [5.74, 6) is 1.18. The van der Waals surface area contributed by atoms with E-state index in [0.29, 0.717) is 18.8 Å². The number of carbonyl (C=O) groups excluding carboxylic acids is 1. The number of hydrogen-bond donors (Lipinski definition) is 1. The van der Waals surface area contributed by atoms with E-state index in [2.05, 4.69) is 10.2 Å². The molecule has 16 heavy (non-hydrogen) atoms. The van der Waals surface area contributed by atoms with Crippen molar-refractivity contribution in [2.75, 3.05) is 19.3 Å². The van der Waals surface area contributed by atoms with Crippen molar-refractivity contribution in [1.82, 2.24) is 19.7 Å². The molecule has 0 aliphatic heterocycles. The topological polar surface area (TPSA) is 77.0 Å². The van der Waals surface area contributed by atoms with Crippen molar-refractivity contribution in [1.29, 1.82) is 0 Å². The molecule has 1 heterocycles. The highest BCUT2D eigenvalue weighted by Crippen LogP contribution is 2.15. The number of thioether (sulfide) groups is 1. The van der Waals surface area contributed by atoms with Crippen LogP contribution in [-0.2, 0) is 18.4 Å². The van der Waals surface area contributed by atoms with Crippen molar-refractivity contribution >= 4 is 17.7 Å². The smallest absolute Gasteiger partial charge is 0.232 e. The number of aromatic nitrogens is 3. The molecule has 0 aliphatic rings. The van der Waals surface area contributed by atoms with Gasteiger partial charge < -0.3 is 15.2 Å². The molecule has 1 aromatic heterocycles. The van der Waals surface area contributed by atoms with Crippen molar-refractivity contribution in [3.8, 4) is 0 Å². The van der Waals surface area contributed by atoms with E-state index in [9.17, 15) is 4.79 Å². The van der Waals surface area contributed by atoms with Gasteiger partial charge in [-0.25, -0.2) is 0 Å². The fraction of sp³-hybridized carbons (Fsp3) is 0.667. The summed E-state index contributed by atoms with van der Waals surface area (Å²) in [5.41, 5.74) is 5.48. The first kappa shape index (κ1) is 13.0. The molecule has 0 unspecified atom stereocenters. The summed E-state index contributed by atoms with van der Waals surface area (Å²) in [4.78, 5) is 13.2. The average molecular weight is 243 g/mol. The van der Waals surface area contributed by atoms with Crippen molar-refractivity contribution in [3.05, 3.63) is 5.82 Å². The number of amides is 1. The van der Waals surface area contributed by atoms with E-state index in [0.717, 1.165) is 11.0 Å². The molecule has 1 amide bonds. The first-order valence-corrected chi connectivity index (χ1v) is 6.03. The quantitative estimate of drug-likeness (QED) is 0.727. The van der Waals surface area contributed by atoms with E-state index in [1.165, 1.54) is 11.8 Å². The zero-order chi connectivity index (χ0) is 12.1. The summed E-state index contributed by atoms with van der Waals surface area (Å²) in [6.07, 6.45) is 0. The van der Waals surface area contributed by atoms with Gasteiger partial charge in [0, 0.05) is 20.6 Å². The van der Waals surface area contributed by atoms with Crippen molar-refractivity contribution in [2.24, 2.45) is 12.8 Å². The van der Waals surface area contributed by atoms with Gasteiger partial charge in [-0.1, -0.05) is 11.8 Å². The Morgan fingerprint density at radius 2 is 2.25 bits per heavy atom. The van der Waals surface area contributed by atoms with Gasteiger partial charge >= 0.3 is 0 Å². The van der Waals surface area contributed by atoms with Crippen LogP contribution < -0.4 is 5.73 Å². The van der Waals surface area contributed by atoms with E-state index >= 15 is 0 Å². The molecule has 0 saturated carbocycles. The lowest BCUT2D eigenvalue weighted by molar-refractivity contribution is -0.126. The van der Waals surface area contributed by atoms with Crippen LogP contribution in [0.1, 0.15) is 12.7 Å². The predicted molar refractivity (Wildman–Crippen MR) is 62.9 cm³/mol. The molecule has 1 rings (SSSR count). The second-order valence-corrected chi connectivity index (χ2v) is 4.30. The molecule has 6 nitrogen and oxygen atoms in total. The highest BCUT2D eigenvalue weighted by Gasteiger charge is 2.12. The van der Waals surface area contributed by atoms with Gasteiger partial charge in [-0.2, -0.15) is 0 Å². The zero-order valence-electron chi connectivity index (χ0n) is 9.80. The van der Waals surface area contributed by atoms with Gasteiger partial charge in [-0.15, -0.1) is 10.2 Å². The summed E-state index contributed by atoms with van der Waals surface area (Å²) >= 11 is 1.38. The minimum Gasteiger partial charge on any atom is -0.345 e. The van der Waals surface area contributed by atoms with Gasteiger partial charge in [-0.3, -0.25) is 4.79 Å². The van der Waals surface area contributed by atoms with Crippen LogP contribution >= 0.6 is 11.8 Å². The lowest BCUT2D eigenvalue weighted by Crippen LogP contribution is -2.27. The van der Waals surface area contributed by atoms with Gasteiger partial charge in [0.15, 0.2) is 5.16 Å². The summed E-state index contributed by atoms with van der Waals surface area (Å²) < 4.78 is 1.81. The molecule has 0 aromatic carbocycles. The van der Waals surface area contributed by atoms with Crippen molar-refractivity contribution in [2.45, 2.75) is 18.6 Å². The second-order valence-electron chi connectivity index (χ2n) is 3.36. The van der Waals surface area contributed by atoms with Crippen LogP contribution in [-0.4, -0.2) is 44.9 Å². The van der Waals surface area contributed by atoms with E-state index in [1.807, 2.05) is 18.5 Å². The third kappa shape index (κ3) is 2.96. The molecule has 0 aliphatic carbocycles. The normalized spacial score (nSPS) is 10.5. The molecule has 2 N–H and O–H groups in total. The van der Waals surface area contributed by atoms with Crippen LogP contribution in [0.2, 0.25) is 0 Å². The molecule has 0 atom stereocenters. The molecule has 0 bridgehead atoms. The van der Waals surface area contributed by atoms with Crippen molar-refractivity contribution < 1.29 is 4.79 Å². The van der Waals surface area contributed by atoms with E-state index in [-0.39, 0.29) is 5.91 Å². The Bertz CT molecular complexity index is 365. The average Bonchev–Trinajstić information content (AvgIpc) is 2.65. The molecular formula is C9H17N5OS. The number of nitrogens with zero attached hydrogens (tertiary/aromatic N) is 4. The Morgan fingerprint density at radius 1 is 1.56 bits per heavy atom. The lowest BCUT2D eigenvalue weighted by atomic mass is 10.5. The van der Waals surface area contributed by atoms with Crippen molar-refractivity contribution in [3.63, 3.8) is 0 Å². The van der Waals surface area contributed by atoms with E-state index < -0.39 is 0 Å². The Hall–Kier alpha value is -1.08. The largest absolute Gasteiger partial charge is 0.345 e. The standard InChI is InChI=1S/C9H17N5OS/c1-4-13(2)8(15)6-16-9-12-11-7(5-10)14(9)3/h4-6,10H2,1-3H3. The van der Waals surface area contributed by atoms with Crippen LogP contribution in [0.4, 0.5) is 0 Å². The number of hydrogen-bond acceptors (Lipinski definition) is 5. The summed E-state index contributed by atoms with van der Waals surface area (Å²) in [7, 11) is 3.63. The maximum atomic E-state index is 11.6. The molecule has 0 fully saturated rings. The van der Waals surface area contributed by atoms with Gasteiger partial charge in [-0.05, 0) is 6.92 Å². The third-order valence-electron chi connectivity index (χ3n) is 2.33. The lowest BCUT2D eigenvalue weighted by Gasteiger charge is -2.13. The third-order valence-corrected chi connectivity index (χ3v) is 3.34. The number of carbonyl (C=O) groups is 1. The van der Waals surface area contributed by atoms with Crippen LogP contribution in [0.5, 0.6) is 0 Å². The first-order valence-electron chi connectivity index (χ1n) is 5.05. The highest BCUT2D eigenvalue weighted by molar-refractivity contribution is 7.99. The molecular weight excluding hydrogens is 226 g/mol. The first-order chi connectivity index (χ1) is 7.60. The number of nitrogens with two attached hydrogens (primary N) is 1. The molecule has 1 aromatic rings. The highest BCUT2D eigenvalue weighted by atomic mass is 32.2. The Kier molecular flexibility index (Phi) is 4.75.